The maximum atomic E-state index is 13.7. The van der Waals surface area contributed by atoms with Crippen molar-refractivity contribution in [3.05, 3.63) is 189 Å². The number of anilines is 6. The highest BCUT2D eigenvalue weighted by Gasteiger charge is 2.38. The van der Waals surface area contributed by atoms with Crippen LogP contribution < -0.4 is 43.4 Å². The van der Waals surface area contributed by atoms with Crippen molar-refractivity contribution in [3.8, 4) is 0 Å². The van der Waals surface area contributed by atoms with Crippen molar-refractivity contribution in [2.75, 3.05) is 72.9 Å². The maximum absolute atomic E-state index is 13.7. The number of amides is 2. The largest absolute Gasteiger partial charge is 0.397 e. The third-order valence-electron chi connectivity index (χ3n) is 14.0. The van der Waals surface area contributed by atoms with Crippen LogP contribution in [0, 0.1) is 0 Å². The third-order valence-corrected chi connectivity index (χ3v) is 19.2. The Hall–Kier alpha value is -9.00. The molecule has 28 heteroatoms. The number of rotatable bonds is 24. The summed E-state index contributed by atoms with van der Waals surface area (Å²) in [5.74, 6) is -4.38. The summed E-state index contributed by atoms with van der Waals surface area (Å²) in [6.07, 6.45) is 0.809. The molecule has 0 radical (unpaired) electrons. The molecule has 0 spiro atoms. The van der Waals surface area contributed by atoms with Gasteiger partial charge in [-0.3, -0.25) is 37.9 Å². The lowest BCUT2D eigenvalue weighted by atomic mass is 9.82. The number of ketones is 4. The first-order chi connectivity index (χ1) is 40.8. The van der Waals surface area contributed by atoms with Gasteiger partial charge in [-0.15, -0.1) is 0 Å². The van der Waals surface area contributed by atoms with Gasteiger partial charge in [-0.05, 0) is 92.7 Å². The van der Waals surface area contributed by atoms with Gasteiger partial charge in [-0.2, -0.15) is 16.8 Å². The van der Waals surface area contributed by atoms with Gasteiger partial charge in [-0.25, -0.2) is 16.8 Å². The summed E-state index contributed by atoms with van der Waals surface area (Å²) in [4.78, 5) is 78.6. The predicted molar refractivity (Wildman–Crippen MR) is 318 cm³/mol. The molecule has 7 aromatic rings. The third kappa shape index (κ3) is 13.1. The fourth-order valence-corrected chi connectivity index (χ4v) is 13.6. The quantitative estimate of drug-likeness (QED) is 0.0222. The summed E-state index contributed by atoms with van der Waals surface area (Å²) in [5, 5.41) is 17.3. The topological polar surface area (TPSA) is 404 Å². The van der Waals surface area contributed by atoms with Gasteiger partial charge in [0.1, 0.15) is 9.79 Å². The minimum absolute atomic E-state index is 0.0110. The van der Waals surface area contributed by atoms with Crippen molar-refractivity contribution in [2.45, 2.75) is 32.4 Å². The average Bonchev–Trinajstić information content (AvgIpc) is 0.781. The number of nitrogen functional groups attached to an aromatic ring is 2. The molecule has 2 aliphatic carbocycles. The first kappa shape index (κ1) is 61.6. The summed E-state index contributed by atoms with van der Waals surface area (Å²) in [5.41, 5.74) is 9.84. The van der Waals surface area contributed by atoms with Crippen molar-refractivity contribution in [1.82, 2.24) is 21.3 Å². The lowest BCUT2D eigenvalue weighted by Crippen LogP contribution is -2.30. The Kier molecular flexibility index (Phi) is 17.8. The van der Waals surface area contributed by atoms with Crippen LogP contribution in [0.4, 0.5) is 34.1 Å². The summed E-state index contributed by atoms with van der Waals surface area (Å²) >= 11 is 0. The molecule has 0 saturated carbocycles. The fourth-order valence-electron chi connectivity index (χ4n) is 9.79. The Morgan fingerprint density at radius 2 is 0.756 bits per heavy atom. The number of carbonyl (C=O) groups is 6. The number of hydrogen-bond acceptors (Lipinski definition) is 20. The van der Waals surface area contributed by atoms with Crippen molar-refractivity contribution >= 4 is 109 Å². The molecule has 0 bridgehead atoms. The molecule has 0 saturated heterocycles. The van der Waals surface area contributed by atoms with E-state index in [1.165, 1.54) is 103 Å². The monoisotopic (exact) mass is 1250 g/mol. The van der Waals surface area contributed by atoms with Gasteiger partial charge in [0, 0.05) is 70.9 Å². The van der Waals surface area contributed by atoms with Gasteiger partial charge in [0.05, 0.1) is 66.3 Å². The first-order valence-electron chi connectivity index (χ1n) is 26.3. The average molecular weight is 1250 g/mol. The summed E-state index contributed by atoms with van der Waals surface area (Å²) in [7, 11) is -17.8. The lowest BCUT2D eigenvalue weighted by molar-refractivity contribution is 0.0950. The van der Waals surface area contributed by atoms with Crippen molar-refractivity contribution in [1.29, 1.82) is 0 Å². The Morgan fingerprint density at radius 3 is 1.12 bits per heavy atom. The maximum Gasteiger partial charge on any atom is 0.296 e. The number of nitrogens with two attached hydrogens (primary N) is 2. The lowest BCUT2D eigenvalue weighted by Gasteiger charge is -2.23. The van der Waals surface area contributed by atoms with E-state index in [1.807, 2.05) is 0 Å². The fraction of sp³-hybridized carbons (Fsp3) is 0.172. The number of fused-ring (bicyclic) bond motifs is 4. The SMILES string of the molecule is Nc1c(S(=O)(=O)O)cc(Nc2cccc(S(=O)(=O)CCNCCCNC(=O)c3cccc(C(=O)NCCCNCCS(=O)(=O)c4cccc(Nc5cc(S(=O)(=O)O)c(N)c6c5C(=O)c5ccccc5C6=O)c4)c3)c2)c2c1C(=O)c1ccccc1C2=O. The van der Waals surface area contributed by atoms with E-state index in [4.69, 9.17) is 11.5 Å². The molecule has 446 valence electrons. The predicted octanol–water partition coefficient (Wildman–Crippen LogP) is 4.75. The van der Waals surface area contributed by atoms with E-state index < -0.39 is 107 Å². The Balaban J connectivity index is 0.696. The highest BCUT2D eigenvalue weighted by Crippen LogP contribution is 2.42. The van der Waals surface area contributed by atoms with E-state index in [0.29, 0.717) is 25.9 Å². The molecule has 24 nitrogen and oxygen atoms in total. The molecule has 0 atom stereocenters. The first-order valence-corrected chi connectivity index (χ1v) is 32.5. The van der Waals surface area contributed by atoms with Gasteiger partial charge in [0.15, 0.2) is 42.8 Å². The van der Waals surface area contributed by atoms with Crippen LogP contribution in [0.1, 0.15) is 97.2 Å². The zero-order chi connectivity index (χ0) is 61.9. The minimum atomic E-state index is -5.00. The van der Waals surface area contributed by atoms with Crippen LogP contribution in [-0.4, -0.2) is 128 Å². The van der Waals surface area contributed by atoms with Crippen LogP contribution in [0.2, 0.25) is 0 Å². The van der Waals surface area contributed by atoms with Crippen molar-refractivity contribution < 1.29 is 71.5 Å². The second-order valence-electron chi connectivity index (χ2n) is 19.8. The summed E-state index contributed by atoms with van der Waals surface area (Å²) in [6.45, 7) is 1.08. The standard InChI is InChI=1S/C58H54N8O16S4/c59-51-45(85(77,78)79)31-43(47-49(51)55(69)41-18-3-1-16-39(41)53(47)67)65-35-12-6-14-37(29-35)83(73,74)26-24-61-20-8-22-63-57(71)33-10-5-11-34(28-33)58(72)64-23-9-21-62-25-27-84(75,76)38-15-7-13-36(30-38)66-44-32-46(86(80,81)82)52(60)50-48(44)54(68)40-17-2-4-19-42(40)56(50)70/h1-7,10-19,28-32,61-62,65-66H,8-9,20-27,59-60H2,(H,63,71)(H,64,72)(H,77,78,79)(H,80,81,82). The minimum Gasteiger partial charge on any atom is -0.397 e. The second kappa shape index (κ2) is 24.9. The van der Waals surface area contributed by atoms with Gasteiger partial charge in [-0.1, -0.05) is 66.7 Å². The van der Waals surface area contributed by atoms with E-state index >= 15 is 0 Å². The van der Waals surface area contributed by atoms with Crippen LogP contribution in [-0.2, 0) is 39.9 Å². The number of sulfone groups is 2. The summed E-state index contributed by atoms with van der Waals surface area (Å²) in [6, 6.07) is 30.6. The molecular formula is C58H54N8O16S4. The van der Waals surface area contributed by atoms with E-state index in [9.17, 15) is 71.5 Å². The van der Waals surface area contributed by atoms with Gasteiger partial charge in [0.2, 0.25) is 0 Å². The van der Waals surface area contributed by atoms with E-state index in [2.05, 4.69) is 31.9 Å². The number of nitrogens with one attached hydrogen (secondary N) is 6. The molecule has 0 aliphatic heterocycles. The Bertz CT molecular complexity index is 4180. The van der Waals surface area contributed by atoms with Crippen LogP contribution in [0.5, 0.6) is 0 Å². The molecule has 9 rings (SSSR count). The van der Waals surface area contributed by atoms with E-state index in [1.54, 1.807) is 18.2 Å². The highest BCUT2D eigenvalue weighted by molar-refractivity contribution is 7.91. The van der Waals surface area contributed by atoms with E-state index in [0.717, 1.165) is 12.1 Å². The van der Waals surface area contributed by atoms with Gasteiger partial charge >= 0.3 is 0 Å². The van der Waals surface area contributed by atoms with Crippen molar-refractivity contribution in [2.24, 2.45) is 0 Å². The smallest absolute Gasteiger partial charge is 0.296 e. The molecule has 0 unspecified atom stereocenters. The highest BCUT2D eigenvalue weighted by atomic mass is 32.2. The van der Waals surface area contributed by atoms with Crippen LogP contribution in [0.15, 0.2) is 153 Å². The molecular weight excluding hydrogens is 1190 g/mol. The zero-order valence-electron chi connectivity index (χ0n) is 45.2. The molecule has 2 amide bonds. The summed E-state index contributed by atoms with van der Waals surface area (Å²) < 4.78 is 123. The molecule has 0 heterocycles. The zero-order valence-corrected chi connectivity index (χ0v) is 48.4. The molecule has 86 heavy (non-hydrogen) atoms. The van der Waals surface area contributed by atoms with Crippen LogP contribution >= 0.6 is 0 Å². The normalized spacial score (nSPS) is 13.0. The Labute approximate surface area is 493 Å². The molecule has 0 aromatic heterocycles. The second-order valence-corrected chi connectivity index (χ2v) is 26.8. The molecule has 7 aromatic carbocycles. The van der Waals surface area contributed by atoms with Gasteiger partial charge in [0.25, 0.3) is 32.1 Å². The number of carbonyl (C=O) groups excluding carboxylic acids is 6. The van der Waals surface area contributed by atoms with Gasteiger partial charge < -0.3 is 43.4 Å². The number of hydrogen-bond donors (Lipinski definition) is 10. The van der Waals surface area contributed by atoms with Crippen LogP contribution in [0.3, 0.4) is 0 Å². The van der Waals surface area contributed by atoms with E-state index in [-0.39, 0.29) is 115 Å². The Morgan fingerprint density at radius 1 is 0.407 bits per heavy atom. The number of benzene rings is 7. The van der Waals surface area contributed by atoms with Crippen LogP contribution in [0.25, 0.3) is 0 Å². The molecule has 12 N–H and O–H groups in total. The molecule has 0 fully saturated rings. The molecule has 2 aliphatic rings. The van der Waals surface area contributed by atoms with Crippen molar-refractivity contribution in [3.63, 3.8) is 0 Å².